The van der Waals surface area contributed by atoms with Crippen LogP contribution in [0.15, 0.2) is 24.3 Å². The molecule has 1 aliphatic rings. The fourth-order valence-corrected chi connectivity index (χ4v) is 3.33. The molecule has 1 saturated carbocycles. The molecule has 1 aromatic heterocycles. The summed E-state index contributed by atoms with van der Waals surface area (Å²) in [4.78, 5) is 16.9. The van der Waals surface area contributed by atoms with Gasteiger partial charge in [-0.15, -0.1) is 0 Å². The molecule has 3 rings (SSSR count). The van der Waals surface area contributed by atoms with Gasteiger partial charge in [0, 0.05) is 11.1 Å². The minimum absolute atomic E-state index is 0.00732. The quantitative estimate of drug-likeness (QED) is 0.770. The monoisotopic (exact) mass is 343 g/mol. The minimum atomic E-state index is -0.433. The molecule has 0 aliphatic heterocycles. The Hall–Kier alpha value is -2.41. The predicted octanol–water partition coefficient (Wildman–Crippen LogP) is 2.00. The summed E-state index contributed by atoms with van der Waals surface area (Å²) < 4.78 is 5.14. The normalized spacial score (nSPS) is 23.2. The number of hydrogen-bond donors (Lipinski definition) is 3. The number of amides is 1. The second kappa shape index (κ2) is 7.23. The molecule has 0 radical (unpaired) electrons. The van der Waals surface area contributed by atoms with Crippen LogP contribution in [0.5, 0.6) is 5.75 Å². The Bertz CT molecular complexity index is 723. The molecule has 0 spiro atoms. The highest BCUT2D eigenvalue weighted by molar-refractivity contribution is 5.80. The third kappa shape index (κ3) is 3.99. The van der Waals surface area contributed by atoms with Gasteiger partial charge >= 0.3 is 0 Å². The van der Waals surface area contributed by atoms with Gasteiger partial charge in [-0.3, -0.25) is 9.89 Å². The van der Waals surface area contributed by atoms with Crippen molar-refractivity contribution in [3.63, 3.8) is 0 Å². The number of ether oxygens (including phenoxy) is 1. The van der Waals surface area contributed by atoms with E-state index in [0.29, 0.717) is 18.2 Å². The molecular weight excluding hydrogens is 318 g/mol. The minimum Gasteiger partial charge on any atom is -0.497 e. The van der Waals surface area contributed by atoms with E-state index < -0.39 is 5.54 Å². The van der Waals surface area contributed by atoms with E-state index in [0.717, 1.165) is 37.0 Å². The summed E-state index contributed by atoms with van der Waals surface area (Å²) in [6, 6.07) is 7.51. The molecule has 4 N–H and O–H groups in total. The van der Waals surface area contributed by atoms with Crippen LogP contribution in [0.2, 0.25) is 0 Å². The molecule has 2 unspecified atom stereocenters. The number of hydrogen-bond acceptors (Lipinski definition) is 5. The lowest BCUT2D eigenvalue weighted by molar-refractivity contribution is -0.128. The van der Waals surface area contributed by atoms with Crippen LogP contribution in [0.3, 0.4) is 0 Å². The number of carbonyl (C=O) groups is 1. The molecule has 1 aromatic carbocycles. The molecule has 1 amide bonds. The number of nitrogens with one attached hydrogen (secondary N) is 2. The average molecular weight is 343 g/mol. The van der Waals surface area contributed by atoms with Crippen molar-refractivity contribution in [2.24, 2.45) is 11.7 Å². The van der Waals surface area contributed by atoms with Crippen LogP contribution >= 0.6 is 0 Å². The third-order valence-electron chi connectivity index (χ3n) is 4.88. The molecule has 0 bridgehead atoms. The fraction of sp³-hybridized carbons (Fsp3) is 0.500. The Balaban J connectivity index is 1.60. The lowest BCUT2D eigenvalue weighted by atomic mass is 9.74. The zero-order valence-electron chi connectivity index (χ0n) is 14.7. The van der Waals surface area contributed by atoms with Crippen molar-refractivity contribution in [1.29, 1.82) is 0 Å². The maximum atomic E-state index is 12.5. The first-order valence-corrected chi connectivity index (χ1v) is 8.62. The molecule has 1 aliphatic carbocycles. The number of benzene rings is 1. The van der Waals surface area contributed by atoms with Gasteiger partial charge in [-0.05, 0) is 44.0 Å². The first kappa shape index (κ1) is 17.4. The zero-order chi connectivity index (χ0) is 17.9. The second-order valence-corrected chi connectivity index (χ2v) is 6.86. The summed E-state index contributed by atoms with van der Waals surface area (Å²) >= 11 is 0. The Morgan fingerprint density at radius 1 is 1.40 bits per heavy atom. The largest absolute Gasteiger partial charge is 0.497 e. The van der Waals surface area contributed by atoms with Crippen LogP contribution in [0.25, 0.3) is 11.4 Å². The highest BCUT2D eigenvalue weighted by atomic mass is 16.5. The molecule has 0 saturated heterocycles. The molecule has 25 heavy (non-hydrogen) atoms. The van der Waals surface area contributed by atoms with Gasteiger partial charge in [-0.1, -0.05) is 12.8 Å². The maximum Gasteiger partial charge on any atom is 0.225 e. The van der Waals surface area contributed by atoms with Crippen molar-refractivity contribution < 1.29 is 9.53 Å². The van der Waals surface area contributed by atoms with Crippen LogP contribution in [0.1, 0.15) is 38.4 Å². The number of nitrogens with two attached hydrogens (primary N) is 1. The van der Waals surface area contributed by atoms with Crippen LogP contribution < -0.4 is 15.8 Å². The number of aromatic amines is 1. The third-order valence-corrected chi connectivity index (χ3v) is 4.88. The molecule has 1 heterocycles. The molecule has 1 fully saturated rings. The molecule has 134 valence electrons. The smallest absolute Gasteiger partial charge is 0.225 e. The fourth-order valence-electron chi connectivity index (χ4n) is 3.33. The Morgan fingerprint density at radius 2 is 2.16 bits per heavy atom. The van der Waals surface area contributed by atoms with Crippen molar-refractivity contribution in [3.8, 4) is 17.1 Å². The number of nitrogens with zero attached hydrogens (tertiary/aromatic N) is 2. The Labute approximate surface area is 147 Å². The van der Waals surface area contributed by atoms with Gasteiger partial charge in [0.15, 0.2) is 5.82 Å². The van der Waals surface area contributed by atoms with Crippen LogP contribution in [0.4, 0.5) is 0 Å². The predicted molar refractivity (Wildman–Crippen MR) is 94.8 cm³/mol. The molecule has 2 atom stereocenters. The van der Waals surface area contributed by atoms with Crippen LogP contribution in [-0.4, -0.2) is 33.7 Å². The van der Waals surface area contributed by atoms with Gasteiger partial charge in [0.1, 0.15) is 11.6 Å². The van der Waals surface area contributed by atoms with E-state index in [1.807, 2.05) is 31.2 Å². The lowest BCUT2D eigenvalue weighted by Gasteiger charge is -2.37. The van der Waals surface area contributed by atoms with Gasteiger partial charge in [0.25, 0.3) is 0 Å². The van der Waals surface area contributed by atoms with Gasteiger partial charge in [-0.25, -0.2) is 4.98 Å². The summed E-state index contributed by atoms with van der Waals surface area (Å²) in [6.07, 6.45) is 3.86. The van der Waals surface area contributed by atoms with Gasteiger partial charge in [0.2, 0.25) is 5.91 Å². The van der Waals surface area contributed by atoms with Gasteiger partial charge in [-0.2, -0.15) is 5.10 Å². The van der Waals surface area contributed by atoms with Gasteiger partial charge in [0.05, 0.1) is 19.6 Å². The maximum absolute atomic E-state index is 12.5. The Kier molecular flexibility index (Phi) is 5.03. The number of H-pyrrole nitrogens is 1. The van der Waals surface area contributed by atoms with Crippen LogP contribution in [-0.2, 0) is 11.3 Å². The van der Waals surface area contributed by atoms with E-state index in [-0.39, 0.29) is 11.8 Å². The van der Waals surface area contributed by atoms with E-state index >= 15 is 0 Å². The average Bonchev–Trinajstić information content (AvgIpc) is 3.08. The van der Waals surface area contributed by atoms with E-state index in [1.54, 1.807) is 7.11 Å². The number of rotatable bonds is 5. The van der Waals surface area contributed by atoms with Crippen LogP contribution in [0, 0.1) is 5.92 Å². The second-order valence-electron chi connectivity index (χ2n) is 6.86. The summed E-state index contributed by atoms with van der Waals surface area (Å²) in [6.45, 7) is 2.28. The zero-order valence-corrected chi connectivity index (χ0v) is 14.7. The van der Waals surface area contributed by atoms with Crippen molar-refractivity contribution in [1.82, 2.24) is 20.5 Å². The summed E-state index contributed by atoms with van der Waals surface area (Å²) in [7, 11) is 1.63. The molecular formula is C18H25N5O2. The van der Waals surface area contributed by atoms with E-state index in [4.69, 9.17) is 10.5 Å². The summed E-state index contributed by atoms with van der Waals surface area (Å²) in [5.41, 5.74) is 6.74. The SMILES string of the molecule is COc1ccc(-c2n[nH]c(CNC(=O)C3CCCCC3(C)N)n2)cc1. The molecule has 7 heteroatoms. The number of carbonyl (C=O) groups excluding carboxylic acids is 1. The number of aromatic nitrogens is 3. The standard InChI is InChI=1S/C18H25N5O2/c1-18(19)10-4-3-5-14(18)17(24)20-11-15-21-16(23-22-15)12-6-8-13(25-2)9-7-12/h6-9,14H,3-5,10-11,19H2,1-2H3,(H,20,24)(H,21,22,23). The first-order valence-electron chi connectivity index (χ1n) is 8.62. The number of methoxy groups -OCH3 is 1. The highest BCUT2D eigenvalue weighted by Crippen LogP contribution is 2.31. The summed E-state index contributed by atoms with van der Waals surface area (Å²) in [5, 5.41) is 10.0. The van der Waals surface area contributed by atoms with Crippen molar-refractivity contribution >= 4 is 5.91 Å². The first-order chi connectivity index (χ1) is 12.0. The lowest BCUT2D eigenvalue weighted by Crippen LogP contribution is -2.52. The van der Waals surface area contributed by atoms with Crippen molar-refractivity contribution in [3.05, 3.63) is 30.1 Å². The van der Waals surface area contributed by atoms with Gasteiger partial charge < -0.3 is 15.8 Å². The topological polar surface area (TPSA) is 106 Å². The van der Waals surface area contributed by atoms with Crippen molar-refractivity contribution in [2.45, 2.75) is 44.7 Å². The molecule has 2 aromatic rings. The van der Waals surface area contributed by atoms with E-state index in [1.165, 1.54) is 0 Å². The van der Waals surface area contributed by atoms with Crippen molar-refractivity contribution in [2.75, 3.05) is 7.11 Å². The van der Waals surface area contributed by atoms with E-state index in [9.17, 15) is 4.79 Å². The summed E-state index contributed by atoms with van der Waals surface area (Å²) in [5.74, 6) is 1.84. The highest BCUT2D eigenvalue weighted by Gasteiger charge is 2.37. The molecule has 7 nitrogen and oxygen atoms in total. The Morgan fingerprint density at radius 3 is 2.84 bits per heavy atom. The van der Waals surface area contributed by atoms with E-state index in [2.05, 4.69) is 20.5 Å².